The van der Waals surface area contributed by atoms with Gasteiger partial charge in [0.15, 0.2) is 12.0 Å². The van der Waals surface area contributed by atoms with Gasteiger partial charge >= 0.3 is 5.97 Å². The predicted octanol–water partition coefficient (Wildman–Crippen LogP) is 4.56. The molecule has 2 fully saturated rings. The van der Waals surface area contributed by atoms with Crippen molar-refractivity contribution < 1.29 is 23.8 Å². The first-order chi connectivity index (χ1) is 22.8. The molecule has 2 aromatic carbocycles. The summed E-state index contributed by atoms with van der Waals surface area (Å²) in [5.74, 6) is -2.13. The van der Waals surface area contributed by atoms with E-state index >= 15 is 4.39 Å². The fraction of sp³-hybridized carbons (Fsp3) is 0.303. The number of tetrazole rings is 1. The molecule has 2 aliphatic rings. The van der Waals surface area contributed by atoms with Crippen LogP contribution in [0.2, 0.25) is 5.02 Å². The number of amides is 1. The van der Waals surface area contributed by atoms with Gasteiger partial charge in [0.2, 0.25) is 11.6 Å². The van der Waals surface area contributed by atoms with E-state index in [4.69, 9.17) is 11.6 Å². The summed E-state index contributed by atoms with van der Waals surface area (Å²) in [5, 5.41) is 38.8. The van der Waals surface area contributed by atoms with Crippen molar-refractivity contribution >= 4 is 23.5 Å². The number of pyridine rings is 1. The Labute approximate surface area is 273 Å². The van der Waals surface area contributed by atoms with Crippen LogP contribution in [-0.2, 0) is 9.59 Å². The molecule has 1 amide bonds. The van der Waals surface area contributed by atoms with E-state index in [-0.39, 0.29) is 33.9 Å². The monoisotopic (exact) mass is 656 g/mol. The highest BCUT2D eigenvalue weighted by Crippen LogP contribution is 2.47. The molecule has 3 atom stereocenters. The highest BCUT2D eigenvalue weighted by molar-refractivity contribution is 6.31. The maximum atomic E-state index is 15.5. The lowest BCUT2D eigenvalue weighted by Gasteiger charge is -2.30. The molecule has 1 unspecified atom stereocenters. The molecule has 1 saturated carbocycles. The Morgan fingerprint density at radius 1 is 1.06 bits per heavy atom. The summed E-state index contributed by atoms with van der Waals surface area (Å²) in [5.41, 5.74) is 2.89. The second kappa shape index (κ2) is 12.6. The van der Waals surface area contributed by atoms with Crippen LogP contribution in [0.3, 0.4) is 0 Å². The van der Waals surface area contributed by atoms with Crippen LogP contribution in [0.4, 0.5) is 4.39 Å². The largest absolute Gasteiger partial charge is 0.618 e. The Morgan fingerprint density at radius 2 is 1.85 bits per heavy atom. The van der Waals surface area contributed by atoms with Crippen LogP contribution < -0.4 is 4.73 Å². The standard InChI is InChI=1S/C33H30ClFN8O4/c34-26-7-9-28(42-19-36-38-39-42)30(31(26)35)22-6-8-27(43(47)18-22)29(41-17-24(16-37-41)20-4-2-1-3-5-20)15-23-14-25(23)32(44)40-12-10-21(11-13-40)33(45)46/h1-9,16-19,21,23,25,29H,10-15H2,(H,45,46)/t23-,25-,29?/m1/s1. The second-order valence-electron chi connectivity index (χ2n) is 12.0. The van der Waals surface area contributed by atoms with Crippen LogP contribution >= 0.6 is 11.6 Å². The molecular weight excluding hydrogens is 627 g/mol. The highest BCUT2D eigenvalue weighted by atomic mass is 35.5. The van der Waals surface area contributed by atoms with Gasteiger partial charge < -0.3 is 15.2 Å². The van der Waals surface area contributed by atoms with E-state index < -0.39 is 23.7 Å². The Kier molecular flexibility index (Phi) is 8.14. The predicted molar refractivity (Wildman–Crippen MR) is 167 cm³/mol. The van der Waals surface area contributed by atoms with Crippen molar-refractivity contribution in [3.05, 3.63) is 101 Å². The molecule has 3 aromatic heterocycles. The quantitative estimate of drug-likeness (QED) is 0.180. The molecular formula is C33H30ClFN8O4. The van der Waals surface area contributed by atoms with Gasteiger partial charge in [-0.3, -0.25) is 14.3 Å². The molecule has 7 rings (SSSR count). The lowest BCUT2D eigenvalue weighted by atomic mass is 9.96. The van der Waals surface area contributed by atoms with Crippen molar-refractivity contribution in [3.8, 4) is 27.9 Å². The van der Waals surface area contributed by atoms with E-state index in [1.807, 2.05) is 36.5 Å². The Hall–Kier alpha value is -5.17. The number of hydrogen-bond acceptors (Lipinski definition) is 7. The lowest BCUT2D eigenvalue weighted by Crippen LogP contribution is -2.41. The number of carboxylic acids is 1. The van der Waals surface area contributed by atoms with E-state index in [9.17, 15) is 19.9 Å². The average molecular weight is 657 g/mol. The van der Waals surface area contributed by atoms with Crippen LogP contribution in [0.15, 0.2) is 79.5 Å². The number of benzene rings is 2. The van der Waals surface area contributed by atoms with Crippen molar-refractivity contribution in [2.75, 3.05) is 13.1 Å². The molecule has 1 saturated heterocycles. The van der Waals surface area contributed by atoms with Gasteiger partial charge in [-0.25, -0.2) is 4.39 Å². The number of hydrogen-bond donors (Lipinski definition) is 1. The van der Waals surface area contributed by atoms with Gasteiger partial charge in [-0.1, -0.05) is 41.9 Å². The Bertz CT molecular complexity index is 1930. The van der Waals surface area contributed by atoms with Crippen molar-refractivity contribution in [1.29, 1.82) is 0 Å². The smallest absolute Gasteiger partial charge is 0.306 e. The number of carboxylic acid groups (broad SMARTS) is 1. The van der Waals surface area contributed by atoms with E-state index in [0.717, 1.165) is 11.1 Å². The first kappa shape index (κ1) is 30.5. The van der Waals surface area contributed by atoms with Crippen molar-refractivity contribution in [3.63, 3.8) is 0 Å². The highest BCUT2D eigenvalue weighted by Gasteiger charge is 2.47. The maximum Gasteiger partial charge on any atom is 0.306 e. The van der Waals surface area contributed by atoms with Gasteiger partial charge in [-0.2, -0.15) is 14.5 Å². The molecule has 5 aromatic rings. The van der Waals surface area contributed by atoms with E-state index in [2.05, 4.69) is 20.6 Å². The number of aliphatic carboxylic acids is 1. The molecule has 1 aliphatic carbocycles. The summed E-state index contributed by atoms with van der Waals surface area (Å²) in [6, 6.07) is 15.5. The number of rotatable bonds is 9. The summed E-state index contributed by atoms with van der Waals surface area (Å²) < 4.78 is 19.2. The number of aromatic nitrogens is 7. The average Bonchev–Trinajstić information content (AvgIpc) is 3.41. The third-order valence-corrected chi connectivity index (χ3v) is 9.48. The first-order valence-corrected chi connectivity index (χ1v) is 15.7. The molecule has 4 heterocycles. The molecule has 240 valence electrons. The molecule has 0 bridgehead atoms. The minimum atomic E-state index is -0.819. The van der Waals surface area contributed by atoms with Crippen LogP contribution in [0, 0.1) is 28.8 Å². The van der Waals surface area contributed by atoms with Crippen LogP contribution in [0.1, 0.15) is 37.4 Å². The van der Waals surface area contributed by atoms with Gasteiger partial charge in [0.1, 0.15) is 12.4 Å². The fourth-order valence-corrected chi connectivity index (χ4v) is 6.66. The van der Waals surface area contributed by atoms with Crippen molar-refractivity contribution in [2.45, 2.75) is 31.7 Å². The minimum Gasteiger partial charge on any atom is -0.618 e. The summed E-state index contributed by atoms with van der Waals surface area (Å²) in [6.45, 7) is 0.855. The SMILES string of the molecule is O=C(O)C1CCN(C(=O)[C@@H]2C[C@@H]2CC(c2ccc(-c3c(-n4cnnn4)ccc(Cl)c3F)c[n+]2[O-])n2cc(-c3ccccc3)cn2)CC1. The summed E-state index contributed by atoms with van der Waals surface area (Å²) in [4.78, 5) is 26.5. The van der Waals surface area contributed by atoms with Gasteiger partial charge in [-0.15, -0.1) is 5.10 Å². The molecule has 0 radical (unpaired) electrons. The summed E-state index contributed by atoms with van der Waals surface area (Å²) in [7, 11) is 0. The number of carbonyl (C=O) groups is 2. The maximum absolute atomic E-state index is 15.5. The van der Waals surface area contributed by atoms with Crippen LogP contribution in [0.25, 0.3) is 27.9 Å². The third-order valence-electron chi connectivity index (χ3n) is 9.19. The third kappa shape index (κ3) is 6.06. The van der Waals surface area contributed by atoms with Gasteiger partial charge in [0.05, 0.1) is 34.0 Å². The zero-order valence-electron chi connectivity index (χ0n) is 25.1. The zero-order chi connectivity index (χ0) is 32.7. The lowest BCUT2D eigenvalue weighted by molar-refractivity contribution is -0.615. The Morgan fingerprint density at radius 3 is 2.55 bits per heavy atom. The fourth-order valence-electron chi connectivity index (χ4n) is 6.51. The van der Waals surface area contributed by atoms with E-state index in [0.29, 0.717) is 54.9 Å². The number of piperidine rings is 1. The van der Waals surface area contributed by atoms with E-state index in [1.54, 1.807) is 34.0 Å². The molecule has 1 N–H and O–H groups in total. The Balaban J connectivity index is 1.19. The van der Waals surface area contributed by atoms with Crippen LogP contribution in [0.5, 0.6) is 0 Å². The minimum absolute atomic E-state index is 0.00513. The molecule has 12 nitrogen and oxygen atoms in total. The zero-order valence-corrected chi connectivity index (χ0v) is 25.8. The number of likely N-dealkylation sites (tertiary alicyclic amines) is 1. The van der Waals surface area contributed by atoms with Crippen molar-refractivity contribution in [2.24, 2.45) is 17.8 Å². The van der Waals surface area contributed by atoms with E-state index in [1.165, 1.54) is 23.3 Å². The first-order valence-electron chi connectivity index (χ1n) is 15.3. The summed E-state index contributed by atoms with van der Waals surface area (Å²) >= 11 is 6.14. The number of nitrogens with zero attached hydrogens (tertiary/aromatic N) is 8. The van der Waals surface area contributed by atoms with Crippen molar-refractivity contribution in [1.82, 2.24) is 34.9 Å². The van der Waals surface area contributed by atoms with Gasteiger partial charge in [0.25, 0.3) is 0 Å². The molecule has 0 spiro atoms. The second-order valence-corrected chi connectivity index (χ2v) is 12.5. The van der Waals surface area contributed by atoms with Gasteiger partial charge in [-0.05, 0) is 65.8 Å². The number of halogens is 2. The molecule has 14 heteroatoms. The molecule has 1 aliphatic heterocycles. The molecule has 47 heavy (non-hydrogen) atoms. The van der Waals surface area contributed by atoms with Crippen LogP contribution in [-0.4, -0.2) is 65.0 Å². The van der Waals surface area contributed by atoms with Gasteiger partial charge in [0, 0.05) is 36.8 Å². The number of carbonyl (C=O) groups excluding carboxylic acids is 1. The topological polar surface area (TPSA) is 146 Å². The normalized spacial score (nSPS) is 18.6. The summed E-state index contributed by atoms with van der Waals surface area (Å²) in [6.07, 6.45) is 8.29.